The average Bonchev–Trinajstić information content (AvgIpc) is 2.31. The average molecular weight is 211 g/mol. The normalized spacial score (nSPS) is 9.81. The quantitative estimate of drug-likeness (QED) is 0.561. The summed E-state index contributed by atoms with van der Waals surface area (Å²) >= 11 is 0. The van der Waals surface area contributed by atoms with Crippen LogP contribution in [0.25, 0.3) is 10.8 Å². The molecule has 0 aromatic heterocycles. The van der Waals surface area contributed by atoms with Gasteiger partial charge < -0.3 is 10.8 Å². The van der Waals surface area contributed by atoms with E-state index in [0.29, 0.717) is 6.42 Å². The predicted molar refractivity (Wildman–Crippen MR) is 66.9 cm³/mol. The highest BCUT2D eigenvalue weighted by atomic mass is 16.2. The Morgan fingerprint density at radius 3 is 2.62 bits per heavy atom. The van der Waals surface area contributed by atoms with E-state index in [-0.39, 0.29) is 6.61 Å². The summed E-state index contributed by atoms with van der Waals surface area (Å²) in [5, 5.41) is 10.8. The number of aliphatic hydroxyl groups is 1. The van der Waals surface area contributed by atoms with Crippen LogP contribution in [0.3, 0.4) is 0 Å². The fourth-order valence-electron chi connectivity index (χ4n) is 1.66. The first kappa shape index (κ1) is 10.5. The monoisotopic (exact) mass is 211 g/mol. The Kier molecular flexibility index (Phi) is 3.09. The number of nitrogens with two attached hydrogens (primary N) is 1. The molecule has 0 aliphatic heterocycles. The van der Waals surface area contributed by atoms with Gasteiger partial charge in [0.05, 0.1) is 6.61 Å². The van der Waals surface area contributed by atoms with Crippen LogP contribution in [0.5, 0.6) is 0 Å². The maximum absolute atomic E-state index is 8.68. The molecule has 0 bridgehead atoms. The number of fused-ring (bicyclic) bond motifs is 1. The molecular weight excluding hydrogens is 198 g/mol. The summed E-state index contributed by atoms with van der Waals surface area (Å²) in [6.45, 7) is 0.0971. The van der Waals surface area contributed by atoms with Gasteiger partial charge >= 0.3 is 0 Å². The highest BCUT2D eigenvalue weighted by Gasteiger charge is 1.99. The van der Waals surface area contributed by atoms with Gasteiger partial charge in [-0.2, -0.15) is 0 Å². The predicted octanol–water partition coefficient (Wildman–Crippen LogP) is 2.16. The molecule has 2 aromatic carbocycles. The summed E-state index contributed by atoms with van der Waals surface area (Å²) in [4.78, 5) is 0. The van der Waals surface area contributed by atoms with Crippen LogP contribution in [0.15, 0.2) is 36.4 Å². The standard InChI is InChI=1S/C14H13NO/c15-14-9-4-7-12-11(5-1-2-10-16)6-3-8-13(12)14/h3-4,6-9,16H,2,10,15H2. The van der Waals surface area contributed by atoms with Crippen LogP contribution in [-0.4, -0.2) is 11.7 Å². The van der Waals surface area contributed by atoms with Gasteiger partial charge in [0.25, 0.3) is 0 Å². The van der Waals surface area contributed by atoms with Crippen LogP contribution in [0.1, 0.15) is 12.0 Å². The topological polar surface area (TPSA) is 46.2 Å². The van der Waals surface area contributed by atoms with Gasteiger partial charge in [0, 0.05) is 23.1 Å². The van der Waals surface area contributed by atoms with Crippen LogP contribution in [-0.2, 0) is 0 Å². The third-order valence-electron chi connectivity index (χ3n) is 2.42. The van der Waals surface area contributed by atoms with Gasteiger partial charge in [-0.05, 0) is 17.5 Å². The molecule has 0 saturated carbocycles. The minimum atomic E-state index is 0.0971. The zero-order chi connectivity index (χ0) is 11.4. The second kappa shape index (κ2) is 4.69. The molecule has 80 valence electrons. The summed E-state index contributed by atoms with van der Waals surface area (Å²) in [5.41, 5.74) is 7.62. The van der Waals surface area contributed by atoms with E-state index in [1.807, 2.05) is 36.4 Å². The van der Waals surface area contributed by atoms with Crippen molar-refractivity contribution in [2.45, 2.75) is 6.42 Å². The Hall–Kier alpha value is -1.98. The van der Waals surface area contributed by atoms with Crippen molar-refractivity contribution in [3.8, 4) is 11.8 Å². The lowest BCUT2D eigenvalue weighted by Crippen LogP contribution is -1.88. The van der Waals surface area contributed by atoms with E-state index in [1.165, 1.54) is 0 Å². The van der Waals surface area contributed by atoms with E-state index in [1.54, 1.807) is 0 Å². The molecule has 0 saturated heterocycles. The summed E-state index contributed by atoms with van der Waals surface area (Å²) in [5.74, 6) is 5.97. The lowest BCUT2D eigenvalue weighted by atomic mass is 10.0. The maximum Gasteiger partial charge on any atom is 0.0540 e. The van der Waals surface area contributed by atoms with E-state index >= 15 is 0 Å². The van der Waals surface area contributed by atoms with Gasteiger partial charge in [0.15, 0.2) is 0 Å². The molecule has 0 unspecified atom stereocenters. The second-order valence-electron chi connectivity index (χ2n) is 3.52. The Morgan fingerprint density at radius 2 is 1.81 bits per heavy atom. The Bertz CT molecular complexity index is 564. The Labute approximate surface area is 94.7 Å². The molecule has 0 amide bonds. The van der Waals surface area contributed by atoms with Crippen molar-refractivity contribution in [1.29, 1.82) is 0 Å². The highest BCUT2D eigenvalue weighted by molar-refractivity contribution is 5.96. The molecule has 2 nitrogen and oxygen atoms in total. The smallest absolute Gasteiger partial charge is 0.0540 e. The summed E-state index contributed by atoms with van der Waals surface area (Å²) < 4.78 is 0. The summed E-state index contributed by atoms with van der Waals surface area (Å²) in [7, 11) is 0. The number of hydrogen-bond donors (Lipinski definition) is 2. The molecule has 2 aromatic rings. The molecular formula is C14H13NO. The molecule has 0 aliphatic rings. The van der Waals surface area contributed by atoms with Crippen LogP contribution in [0, 0.1) is 11.8 Å². The van der Waals surface area contributed by atoms with Crippen molar-refractivity contribution < 1.29 is 5.11 Å². The molecule has 2 heteroatoms. The highest BCUT2D eigenvalue weighted by Crippen LogP contribution is 2.23. The lowest BCUT2D eigenvalue weighted by molar-refractivity contribution is 0.305. The van der Waals surface area contributed by atoms with Crippen molar-refractivity contribution in [2.75, 3.05) is 12.3 Å². The molecule has 0 aliphatic carbocycles. The largest absolute Gasteiger partial charge is 0.398 e. The van der Waals surface area contributed by atoms with E-state index in [0.717, 1.165) is 22.0 Å². The minimum absolute atomic E-state index is 0.0971. The first-order valence-corrected chi connectivity index (χ1v) is 5.20. The molecule has 2 rings (SSSR count). The van der Waals surface area contributed by atoms with Crippen LogP contribution >= 0.6 is 0 Å². The van der Waals surface area contributed by atoms with Gasteiger partial charge in [0.1, 0.15) is 0 Å². The van der Waals surface area contributed by atoms with Gasteiger partial charge in [0.2, 0.25) is 0 Å². The molecule has 3 N–H and O–H groups in total. The van der Waals surface area contributed by atoms with Crippen LogP contribution in [0.2, 0.25) is 0 Å². The maximum atomic E-state index is 8.68. The van der Waals surface area contributed by atoms with Gasteiger partial charge in [-0.15, -0.1) is 0 Å². The van der Waals surface area contributed by atoms with Crippen molar-refractivity contribution >= 4 is 16.5 Å². The van der Waals surface area contributed by atoms with Crippen molar-refractivity contribution in [2.24, 2.45) is 0 Å². The van der Waals surface area contributed by atoms with Crippen LogP contribution < -0.4 is 5.73 Å². The molecule has 0 fully saturated rings. The van der Waals surface area contributed by atoms with Gasteiger partial charge in [-0.3, -0.25) is 0 Å². The minimum Gasteiger partial charge on any atom is -0.398 e. The molecule has 0 radical (unpaired) electrons. The zero-order valence-corrected chi connectivity index (χ0v) is 8.90. The number of aliphatic hydroxyl groups excluding tert-OH is 1. The van der Waals surface area contributed by atoms with Crippen molar-refractivity contribution in [3.63, 3.8) is 0 Å². The number of rotatable bonds is 1. The first-order valence-electron chi connectivity index (χ1n) is 5.20. The van der Waals surface area contributed by atoms with E-state index in [9.17, 15) is 0 Å². The number of nitrogen functional groups attached to an aromatic ring is 1. The van der Waals surface area contributed by atoms with Crippen LogP contribution in [0.4, 0.5) is 5.69 Å². The van der Waals surface area contributed by atoms with E-state index in [4.69, 9.17) is 10.8 Å². The van der Waals surface area contributed by atoms with E-state index in [2.05, 4.69) is 11.8 Å². The number of hydrogen-bond acceptors (Lipinski definition) is 2. The number of anilines is 1. The van der Waals surface area contributed by atoms with Gasteiger partial charge in [-0.1, -0.05) is 36.1 Å². The van der Waals surface area contributed by atoms with Crippen molar-refractivity contribution in [1.82, 2.24) is 0 Å². The molecule has 16 heavy (non-hydrogen) atoms. The zero-order valence-electron chi connectivity index (χ0n) is 8.90. The lowest BCUT2D eigenvalue weighted by Gasteiger charge is -2.03. The molecule has 0 atom stereocenters. The second-order valence-corrected chi connectivity index (χ2v) is 3.52. The van der Waals surface area contributed by atoms with Gasteiger partial charge in [-0.25, -0.2) is 0 Å². The van der Waals surface area contributed by atoms with Crippen molar-refractivity contribution in [3.05, 3.63) is 42.0 Å². The summed E-state index contributed by atoms with van der Waals surface area (Å²) in [6.07, 6.45) is 0.499. The van der Waals surface area contributed by atoms with E-state index < -0.39 is 0 Å². The fourth-order valence-corrected chi connectivity index (χ4v) is 1.66. The first-order chi connectivity index (χ1) is 7.83. The Balaban J connectivity index is 2.55. The SMILES string of the molecule is Nc1cccc2c(C#CCCO)cccc12. The summed E-state index contributed by atoms with van der Waals surface area (Å²) in [6, 6.07) is 11.7. The fraction of sp³-hybridized carbons (Fsp3) is 0.143. The Morgan fingerprint density at radius 1 is 1.06 bits per heavy atom. The molecule has 0 heterocycles. The molecule has 0 spiro atoms. The number of benzene rings is 2. The third kappa shape index (κ3) is 2.00. The third-order valence-corrected chi connectivity index (χ3v) is 2.42.